The van der Waals surface area contributed by atoms with Gasteiger partial charge in [-0.1, -0.05) is 19.3 Å². The molecule has 0 rings (SSSR count). The molecular weight excluding hydrogens is 164 g/mol. The highest BCUT2D eigenvalue weighted by Gasteiger charge is 2.17. The van der Waals surface area contributed by atoms with Crippen molar-refractivity contribution >= 4 is 5.91 Å². The maximum Gasteiger partial charge on any atom is 0.240 e. The summed E-state index contributed by atoms with van der Waals surface area (Å²) in [6.07, 6.45) is 6.77. The molecule has 0 saturated heterocycles. The summed E-state index contributed by atoms with van der Waals surface area (Å²) in [6.45, 7) is 4.88. The van der Waals surface area contributed by atoms with Gasteiger partial charge in [-0.25, -0.2) is 0 Å². The third kappa shape index (κ3) is 3.95. The molecule has 2 N–H and O–H groups in total. The molecule has 0 bridgehead atoms. The lowest BCUT2D eigenvalue weighted by Gasteiger charge is -2.21. The summed E-state index contributed by atoms with van der Waals surface area (Å²) < 4.78 is 0. The highest BCUT2D eigenvalue weighted by molar-refractivity contribution is 5.81. The highest BCUT2D eigenvalue weighted by Crippen LogP contribution is 1.99. The molecule has 13 heavy (non-hydrogen) atoms. The number of likely N-dealkylation sites (N-methyl/N-ethyl adjacent to an activating group) is 1. The molecule has 0 heterocycles. The van der Waals surface area contributed by atoms with Crippen molar-refractivity contribution in [2.75, 3.05) is 13.1 Å². The monoisotopic (exact) mass is 182 g/mol. The zero-order valence-corrected chi connectivity index (χ0v) is 8.42. The van der Waals surface area contributed by atoms with Gasteiger partial charge >= 0.3 is 0 Å². The summed E-state index contributed by atoms with van der Waals surface area (Å²) in [4.78, 5) is 13.2. The second-order valence-electron chi connectivity index (χ2n) is 2.95. The van der Waals surface area contributed by atoms with Gasteiger partial charge in [0.05, 0.1) is 12.6 Å². The third-order valence-electron chi connectivity index (χ3n) is 1.89. The van der Waals surface area contributed by atoms with E-state index in [2.05, 4.69) is 5.92 Å². The van der Waals surface area contributed by atoms with Crippen LogP contribution in [0.1, 0.15) is 26.7 Å². The van der Waals surface area contributed by atoms with Gasteiger partial charge in [0.25, 0.3) is 0 Å². The maximum absolute atomic E-state index is 11.6. The number of hydrogen-bond donors (Lipinski definition) is 1. The van der Waals surface area contributed by atoms with Crippen molar-refractivity contribution in [2.45, 2.75) is 32.7 Å². The Morgan fingerprint density at radius 1 is 1.62 bits per heavy atom. The number of carbonyl (C=O) groups is 1. The summed E-state index contributed by atoms with van der Waals surface area (Å²) >= 11 is 0. The normalized spacial score (nSPS) is 11.8. The Morgan fingerprint density at radius 2 is 2.23 bits per heavy atom. The van der Waals surface area contributed by atoms with Crippen LogP contribution < -0.4 is 5.73 Å². The van der Waals surface area contributed by atoms with Crippen LogP contribution in [0.2, 0.25) is 0 Å². The number of nitrogens with zero attached hydrogens (tertiary/aromatic N) is 1. The van der Waals surface area contributed by atoms with E-state index in [1.165, 1.54) is 0 Å². The molecule has 0 saturated carbocycles. The lowest BCUT2D eigenvalue weighted by molar-refractivity contribution is -0.131. The predicted octanol–water partition coefficient (Wildman–Crippen LogP) is 0.595. The van der Waals surface area contributed by atoms with E-state index in [0.717, 1.165) is 12.8 Å². The number of nitrogens with two attached hydrogens (primary N) is 1. The molecular formula is C10H18N2O. The second kappa shape index (κ2) is 6.50. The van der Waals surface area contributed by atoms with Gasteiger partial charge < -0.3 is 10.6 Å². The van der Waals surface area contributed by atoms with Gasteiger partial charge in [0, 0.05) is 6.54 Å². The van der Waals surface area contributed by atoms with E-state index in [1.807, 2.05) is 13.8 Å². The van der Waals surface area contributed by atoms with Gasteiger partial charge in [-0.2, -0.15) is 0 Å². The molecule has 0 aliphatic rings. The molecule has 0 aliphatic carbocycles. The molecule has 0 aliphatic heterocycles. The minimum atomic E-state index is -0.390. The number of carbonyl (C=O) groups excluding carboxylic acids is 1. The molecule has 0 unspecified atom stereocenters. The lowest BCUT2D eigenvalue weighted by Crippen LogP contribution is -2.43. The van der Waals surface area contributed by atoms with Crippen LogP contribution in [0.5, 0.6) is 0 Å². The van der Waals surface area contributed by atoms with E-state index in [9.17, 15) is 4.79 Å². The number of hydrogen-bond acceptors (Lipinski definition) is 2. The zero-order chi connectivity index (χ0) is 10.3. The van der Waals surface area contributed by atoms with E-state index in [1.54, 1.807) is 4.90 Å². The Morgan fingerprint density at radius 3 is 2.62 bits per heavy atom. The van der Waals surface area contributed by atoms with Crippen LogP contribution in [0.25, 0.3) is 0 Å². The maximum atomic E-state index is 11.6. The van der Waals surface area contributed by atoms with Crippen molar-refractivity contribution in [2.24, 2.45) is 5.73 Å². The largest absolute Gasteiger partial charge is 0.330 e. The van der Waals surface area contributed by atoms with Gasteiger partial charge in [0.2, 0.25) is 5.91 Å². The van der Waals surface area contributed by atoms with Crippen molar-refractivity contribution in [1.29, 1.82) is 0 Å². The fourth-order valence-electron chi connectivity index (χ4n) is 1.12. The average Bonchev–Trinajstić information content (AvgIpc) is 2.13. The Bertz CT molecular complexity index is 196. The number of amides is 1. The minimum Gasteiger partial charge on any atom is -0.330 e. The first-order chi connectivity index (χ1) is 6.17. The van der Waals surface area contributed by atoms with Crippen LogP contribution >= 0.6 is 0 Å². The van der Waals surface area contributed by atoms with Crippen molar-refractivity contribution in [3.63, 3.8) is 0 Å². The van der Waals surface area contributed by atoms with Crippen molar-refractivity contribution in [1.82, 2.24) is 4.90 Å². The van der Waals surface area contributed by atoms with Crippen LogP contribution in [0, 0.1) is 12.3 Å². The summed E-state index contributed by atoms with van der Waals surface area (Å²) in [5, 5.41) is 0. The summed E-state index contributed by atoms with van der Waals surface area (Å²) in [7, 11) is 0. The van der Waals surface area contributed by atoms with Crippen molar-refractivity contribution < 1.29 is 4.79 Å². The lowest BCUT2D eigenvalue weighted by atomic mass is 10.1. The van der Waals surface area contributed by atoms with Crippen molar-refractivity contribution in [3.8, 4) is 12.3 Å². The number of rotatable bonds is 5. The summed E-state index contributed by atoms with van der Waals surface area (Å²) in [5.41, 5.74) is 5.67. The quantitative estimate of drug-likeness (QED) is 0.633. The third-order valence-corrected chi connectivity index (χ3v) is 1.89. The predicted molar refractivity (Wildman–Crippen MR) is 54.0 cm³/mol. The van der Waals surface area contributed by atoms with E-state index in [-0.39, 0.29) is 5.91 Å². The van der Waals surface area contributed by atoms with E-state index in [0.29, 0.717) is 13.1 Å². The first kappa shape index (κ1) is 12.0. The van der Waals surface area contributed by atoms with Crippen LogP contribution in [0.3, 0.4) is 0 Å². The molecule has 0 spiro atoms. The zero-order valence-electron chi connectivity index (χ0n) is 8.42. The Hall–Kier alpha value is -1.01. The van der Waals surface area contributed by atoms with Gasteiger partial charge in [-0.15, -0.1) is 6.42 Å². The molecule has 1 amide bonds. The summed E-state index contributed by atoms with van der Waals surface area (Å²) in [5.74, 6) is 2.41. The molecule has 0 aromatic carbocycles. The van der Waals surface area contributed by atoms with Crippen molar-refractivity contribution in [3.05, 3.63) is 0 Å². The fraction of sp³-hybridized carbons (Fsp3) is 0.700. The first-order valence-corrected chi connectivity index (χ1v) is 4.65. The smallest absolute Gasteiger partial charge is 0.240 e. The van der Waals surface area contributed by atoms with Crippen LogP contribution in [0.4, 0.5) is 0 Å². The minimum absolute atomic E-state index is 0.0395. The Balaban J connectivity index is 4.12. The molecule has 74 valence electrons. The van der Waals surface area contributed by atoms with E-state index < -0.39 is 6.04 Å². The molecule has 1 atom stereocenters. The van der Waals surface area contributed by atoms with Gasteiger partial charge in [-0.05, 0) is 13.3 Å². The average molecular weight is 182 g/mol. The topological polar surface area (TPSA) is 46.3 Å². The molecule has 0 radical (unpaired) electrons. The van der Waals surface area contributed by atoms with Gasteiger partial charge in [0.15, 0.2) is 0 Å². The highest BCUT2D eigenvalue weighted by atomic mass is 16.2. The summed E-state index contributed by atoms with van der Waals surface area (Å²) in [6, 6.07) is -0.390. The van der Waals surface area contributed by atoms with Crippen LogP contribution in [-0.2, 0) is 4.79 Å². The molecule has 0 aromatic rings. The Kier molecular flexibility index (Phi) is 5.99. The molecule has 3 heteroatoms. The standard InChI is InChI=1S/C10H18N2O/c1-4-7-9(11)10(13)12(6-3)8-5-2/h2,9H,4,6-8,11H2,1,3H3/t9-/m0/s1. The number of terminal acetylenes is 1. The Labute approximate surface area is 80.3 Å². The second-order valence-corrected chi connectivity index (χ2v) is 2.95. The molecule has 3 nitrogen and oxygen atoms in total. The fourth-order valence-corrected chi connectivity index (χ4v) is 1.12. The van der Waals surface area contributed by atoms with E-state index in [4.69, 9.17) is 12.2 Å². The van der Waals surface area contributed by atoms with Gasteiger partial charge in [-0.3, -0.25) is 4.79 Å². The van der Waals surface area contributed by atoms with Crippen LogP contribution in [-0.4, -0.2) is 29.9 Å². The van der Waals surface area contributed by atoms with Gasteiger partial charge in [0.1, 0.15) is 0 Å². The van der Waals surface area contributed by atoms with Crippen LogP contribution in [0.15, 0.2) is 0 Å². The molecule has 0 aromatic heterocycles. The SMILES string of the molecule is C#CCN(CC)C(=O)[C@@H](N)CCC. The first-order valence-electron chi connectivity index (χ1n) is 4.65. The van der Waals surface area contributed by atoms with E-state index >= 15 is 0 Å². The molecule has 0 fully saturated rings.